The highest BCUT2D eigenvalue weighted by Gasteiger charge is 2.06. The van der Waals surface area contributed by atoms with Gasteiger partial charge in [0.2, 0.25) is 5.91 Å². The van der Waals surface area contributed by atoms with Crippen molar-refractivity contribution in [2.75, 3.05) is 19.3 Å². The lowest BCUT2D eigenvalue weighted by Gasteiger charge is -2.16. The summed E-state index contributed by atoms with van der Waals surface area (Å²) in [6, 6.07) is 7.24. The first-order chi connectivity index (χ1) is 7.99. The number of hydrogen-bond donors (Lipinski definition) is 2. The van der Waals surface area contributed by atoms with Gasteiger partial charge in [-0.3, -0.25) is 4.79 Å². The molecular formula is C13H18N2O2. The third-order valence-corrected chi connectivity index (χ3v) is 2.27. The fourth-order valence-corrected chi connectivity index (χ4v) is 1.39. The lowest BCUT2D eigenvalue weighted by molar-refractivity contribution is -0.125. The van der Waals surface area contributed by atoms with Gasteiger partial charge in [0.1, 0.15) is 0 Å². The second-order valence-electron chi connectivity index (χ2n) is 4.07. The van der Waals surface area contributed by atoms with Crippen LogP contribution < -0.4 is 5.73 Å². The van der Waals surface area contributed by atoms with Gasteiger partial charge in [-0.05, 0) is 30.7 Å². The van der Waals surface area contributed by atoms with E-state index in [0.29, 0.717) is 12.2 Å². The SMILES string of the molecule is CC(O)CN(C)C(=O)/C=C/c1ccc(N)cc1. The van der Waals surface area contributed by atoms with Crippen LogP contribution in [0, 0.1) is 0 Å². The van der Waals surface area contributed by atoms with Crippen LogP contribution >= 0.6 is 0 Å². The number of nitrogens with two attached hydrogens (primary N) is 1. The van der Waals surface area contributed by atoms with E-state index in [4.69, 9.17) is 10.8 Å². The van der Waals surface area contributed by atoms with E-state index in [2.05, 4.69) is 0 Å². The normalized spacial score (nSPS) is 12.6. The molecule has 0 aromatic heterocycles. The van der Waals surface area contributed by atoms with Gasteiger partial charge in [-0.25, -0.2) is 0 Å². The van der Waals surface area contributed by atoms with E-state index < -0.39 is 6.10 Å². The van der Waals surface area contributed by atoms with Crippen molar-refractivity contribution in [1.29, 1.82) is 0 Å². The summed E-state index contributed by atoms with van der Waals surface area (Å²) in [5.74, 6) is -0.136. The van der Waals surface area contributed by atoms with Crippen molar-refractivity contribution in [3.05, 3.63) is 35.9 Å². The highest BCUT2D eigenvalue weighted by Crippen LogP contribution is 2.07. The first-order valence-corrected chi connectivity index (χ1v) is 5.46. The van der Waals surface area contributed by atoms with E-state index in [-0.39, 0.29) is 5.91 Å². The van der Waals surface area contributed by atoms with Gasteiger partial charge in [0.05, 0.1) is 6.10 Å². The molecule has 0 aliphatic rings. The summed E-state index contributed by atoms with van der Waals surface area (Å²) in [5, 5.41) is 9.16. The van der Waals surface area contributed by atoms with Gasteiger partial charge >= 0.3 is 0 Å². The predicted molar refractivity (Wildman–Crippen MR) is 69.2 cm³/mol. The Balaban J connectivity index is 2.58. The first kappa shape index (κ1) is 13.3. The van der Waals surface area contributed by atoms with Gasteiger partial charge in [-0.15, -0.1) is 0 Å². The largest absolute Gasteiger partial charge is 0.399 e. The molecule has 0 aliphatic heterocycles. The highest BCUT2D eigenvalue weighted by molar-refractivity contribution is 5.91. The zero-order valence-electron chi connectivity index (χ0n) is 10.1. The summed E-state index contributed by atoms with van der Waals surface area (Å²) in [6.45, 7) is 1.97. The van der Waals surface area contributed by atoms with Crippen molar-refractivity contribution in [3.8, 4) is 0 Å². The van der Waals surface area contributed by atoms with E-state index in [1.807, 2.05) is 12.1 Å². The molecule has 17 heavy (non-hydrogen) atoms. The molecule has 1 aromatic rings. The summed E-state index contributed by atoms with van der Waals surface area (Å²) in [6.07, 6.45) is 2.68. The molecule has 3 N–H and O–H groups in total. The molecule has 0 saturated carbocycles. The van der Waals surface area contributed by atoms with Crippen molar-refractivity contribution in [1.82, 2.24) is 4.90 Å². The molecule has 0 radical (unpaired) electrons. The number of aliphatic hydroxyl groups excluding tert-OH is 1. The Morgan fingerprint density at radius 1 is 1.47 bits per heavy atom. The Morgan fingerprint density at radius 3 is 2.59 bits per heavy atom. The van der Waals surface area contributed by atoms with Gasteiger partial charge in [0.15, 0.2) is 0 Å². The Kier molecular flexibility index (Phi) is 4.72. The molecule has 1 atom stereocenters. The number of nitrogens with zero attached hydrogens (tertiary/aromatic N) is 1. The predicted octanol–water partition coefficient (Wildman–Crippen LogP) is 1.12. The molecule has 4 nitrogen and oxygen atoms in total. The topological polar surface area (TPSA) is 66.6 Å². The molecule has 0 saturated heterocycles. The molecule has 4 heteroatoms. The number of nitrogen functional groups attached to an aromatic ring is 1. The van der Waals surface area contributed by atoms with Crippen LogP contribution in [0.15, 0.2) is 30.3 Å². The van der Waals surface area contributed by atoms with E-state index in [9.17, 15) is 4.79 Å². The van der Waals surface area contributed by atoms with Gasteiger partial charge in [-0.2, -0.15) is 0 Å². The summed E-state index contributed by atoms with van der Waals surface area (Å²) in [7, 11) is 1.66. The molecule has 1 unspecified atom stereocenters. The lowest BCUT2D eigenvalue weighted by Crippen LogP contribution is -2.31. The Labute approximate surface area is 101 Å². The fraction of sp³-hybridized carbons (Fsp3) is 0.308. The third kappa shape index (κ3) is 4.70. The Bertz CT molecular complexity index is 396. The molecule has 0 fully saturated rings. The van der Waals surface area contributed by atoms with Gasteiger partial charge < -0.3 is 15.7 Å². The number of benzene rings is 1. The monoisotopic (exact) mass is 234 g/mol. The number of carbonyl (C=O) groups excluding carboxylic acids is 1. The quantitative estimate of drug-likeness (QED) is 0.606. The van der Waals surface area contributed by atoms with E-state index in [0.717, 1.165) is 5.56 Å². The lowest BCUT2D eigenvalue weighted by atomic mass is 10.2. The van der Waals surface area contributed by atoms with Crippen molar-refractivity contribution >= 4 is 17.7 Å². The third-order valence-electron chi connectivity index (χ3n) is 2.27. The summed E-state index contributed by atoms with van der Waals surface area (Å²) in [5.41, 5.74) is 7.17. The maximum atomic E-state index is 11.6. The van der Waals surface area contributed by atoms with Crippen LogP contribution in [0.2, 0.25) is 0 Å². The van der Waals surface area contributed by atoms with Crippen molar-refractivity contribution in [2.24, 2.45) is 0 Å². The van der Waals surface area contributed by atoms with Crippen LogP contribution in [-0.2, 0) is 4.79 Å². The van der Waals surface area contributed by atoms with E-state index in [1.165, 1.54) is 11.0 Å². The Hall–Kier alpha value is -1.81. The maximum Gasteiger partial charge on any atom is 0.246 e. The minimum Gasteiger partial charge on any atom is -0.399 e. The van der Waals surface area contributed by atoms with Crippen LogP contribution in [0.1, 0.15) is 12.5 Å². The standard InChI is InChI=1S/C13H18N2O2/c1-10(16)9-15(2)13(17)8-5-11-3-6-12(14)7-4-11/h3-8,10,16H,9,14H2,1-2H3/b8-5+. The second-order valence-corrected chi connectivity index (χ2v) is 4.07. The van der Waals surface area contributed by atoms with Crippen LogP contribution in [0.5, 0.6) is 0 Å². The van der Waals surface area contributed by atoms with Crippen LogP contribution in [0.4, 0.5) is 5.69 Å². The molecule has 92 valence electrons. The molecule has 0 bridgehead atoms. The van der Waals surface area contributed by atoms with Crippen LogP contribution in [0.25, 0.3) is 6.08 Å². The van der Waals surface area contributed by atoms with E-state index in [1.54, 1.807) is 32.2 Å². The smallest absolute Gasteiger partial charge is 0.246 e. The molecule has 1 amide bonds. The Morgan fingerprint density at radius 2 is 2.06 bits per heavy atom. The molecule has 0 spiro atoms. The van der Waals surface area contributed by atoms with Crippen LogP contribution in [0.3, 0.4) is 0 Å². The number of rotatable bonds is 4. The highest BCUT2D eigenvalue weighted by atomic mass is 16.3. The molecular weight excluding hydrogens is 216 g/mol. The summed E-state index contributed by atoms with van der Waals surface area (Å²) >= 11 is 0. The average Bonchev–Trinajstić information content (AvgIpc) is 2.27. The van der Waals surface area contributed by atoms with Crippen molar-refractivity contribution < 1.29 is 9.90 Å². The van der Waals surface area contributed by atoms with Gasteiger partial charge in [0, 0.05) is 25.4 Å². The number of likely N-dealkylation sites (N-methyl/N-ethyl adjacent to an activating group) is 1. The zero-order chi connectivity index (χ0) is 12.8. The number of amides is 1. The van der Waals surface area contributed by atoms with Crippen LogP contribution in [-0.4, -0.2) is 35.6 Å². The minimum atomic E-state index is -0.520. The molecule has 0 heterocycles. The average molecular weight is 234 g/mol. The number of hydrogen-bond acceptors (Lipinski definition) is 3. The number of carbonyl (C=O) groups is 1. The minimum absolute atomic E-state index is 0.136. The summed E-state index contributed by atoms with van der Waals surface area (Å²) < 4.78 is 0. The molecule has 1 rings (SSSR count). The molecule has 1 aromatic carbocycles. The van der Waals surface area contributed by atoms with Gasteiger partial charge in [-0.1, -0.05) is 12.1 Å². The maximum absolute atomic E-state index is 11.6. The van der Waals surface area contributed by atoms with Gasteiger partial charge in [0.25, 0.3) is 0 Å². The number of anilines is 1. The second kappa shape index (κ2) is 6.06. The molecule has 0 aliphatic carbocycles. The van der Waals surface area contributed by atoms with E-state index >= 15 is 0 Å². The van der Waals surface area contributed by atoms with Crippen molar-refractivity contribution in [3.63, 3.8) is 0 Å². The fourth-order valence-electron chi connectivity index (χ4n) is 1.39. The summed E-state index contributed by atoms with van der Waals surface area (Å²) in [4.78, 5) is 13.1. The first-order valence-electron chi connectivity index (χ1n) is 5.46. The number of aliphatic hydroxyl groups is 1. The van der Waals surface area contributed by atoms with Crippen molar-refractivity contribution in [2.45, 2.75) is 13.0 Å². The zero-order valence-corrected chi connectivity index (χ0v) is 10.1.